The Balaban J connectivity index is 1.94. The van der Waals surface area contributed by atoms with Crippen LogP contribution in [0, 0.1) is 0 Å². The van der Waals surface area contributed by atoms with Crippen molar-refractivity contribution in [3.8, 4) is 0 Å². The molecule has 2 nitrogen and oxygen atoms in total. The normalized spacial score (nSPS) is 20.9. The molecule has 90 valence electrons. The Bertz CT molecular complexity index is 512. The molecule has 17 heavy (non-hydrogen) atoms. The Kier molecular flexibility index (Phi) is 3.12. The van der Waals surface area contributed by atoms with Crippen LogP contribution in [-0.2, 0) is 6.42 Å². The summed E-state index contributed by atoms with van der Waals surface area (Å²) in [4.78, 5) is 4.62. The van der Waals surface area contributed by atoms with Crippen LogP contribution < -0.4 is 5.32 Å². The third-order valence-electron chi connectivity index (χ3n) is 3.53. The summed E-state index contributed by atoms with van der Waals surface area (Å²) >= 11 is 1.84. The highest BCUT2D eigenvalue weighted by molar-refractivity contribution is 7.18. The first kappa shape index (κ1) is 11.2. The summed E-state index contributed by atoms with van der Waals surface area (Å²) in [5.74, 6) is 0.695. The smallest absolute Gasteiger partial charge is 0.0935 e. The molecule has 0 aliphatic carbocycles. The summed E-state index contributed by atoms with van der Waals surface area (Å²) in [6, 6.07) is 6.80. The van der Waals surface area contributed by atoms with Crippen LogP contribution in [0.15, 0.2) is 18.2 Å². The SMILES string of the molecule is CCc1nc2ccc(C3CCCNC3)cc2s1. The highest BCUT2D eigenvalue weighted by Crippen LogP contribution is 2.29. The first-order valence-electron chi connectivity index (χ1n) is 6.47. The zero-order valence-electron chi connectivity index (χ0n) is 10.2. The van der Waals surface area contributed by atoms with Gasteiger partial charge in [0, 0.05) is 6.54 Å². The number of hydrogen-bond acceptors (Lipinski definition) is 3. The molecule has 2 heterocycles. The molecule has 3 rings (SSSR count). The van der Waals surface area contributed by atoms with Gasteiger partial charge in [0.05, 0.1) is 15.2 Å². The van der Waals surface area contributed by atoms with Gasteiger partial charge < -0.3 is 5.32 Å². The Morgan fingerprint density at radius 1 is 1.47 bits per heavy atom. The van der Waals surface area contributed by atoms with Crippen molar-refractivity contribution in [2.75, 3.05) is 13.1 Å². The van der Waals surface area contributed by atoms with Gasteiger partial charge in [-0.2, -0.15) is 0 Å². The molecule has 1 atom stereocenters. The molecule has 1 aromatic heterocycles. The van der Waals surface area contributed by atoms with Crippen molar-refractivity contribution in [2.45, 2.75) is 32.1 Å². The molecule has 2 aromatic rings. The summed E-state index contributed by atoms with van der Waals surface area (Å²) in [5.41, 5.74) is 2.65. The van der Waals surface area contributed by atoms with Crippen LogP contribution in [0.2, 0.25) is 0 Å². The van der Waals surface area contributed by atoms with E-state index < -0.39 is 0 Å². The Morgan fingerprint density at radius 3 is 3.18 bits per heavy atom. The maximum absolute atomic E-state index is 4.62. The number of rotatable bonds is 2. The van der Waals surface area contributed by atoms with Crippen LogP contribution >= 0.6 is 11.3 Å². The Labute approximate surface area is 106 Å². The lowest BCUT2D eigenvalue weighted by Crippen LogP contribution is -2.28. The first-order valence-corrected chi connectivity index (χ1v) is 7.28. The monoisotopic (exact) mass is 246 g/mol. The van der Waals surface area contributed by atoms with Crippen LogP contribution in [-0.4, -0.2) is 18.1 Å². The summed E-state index contributed by atoms with van der Waals surface area (Å²) in [6.45, 7) is 4.48. The van der Waals surface area contributed by atoms with Gasteiger partial charge in [-0.05, 0) is 49.4 Å². The molecule has 1 N–H and O–H groups in total. The fourth-order valence-electron chi connectivity index (χ4n) is 2.53. The van der Waals surface area contributed by atoms with Crippen molar-refractivity contribution < 1.29 is 0 Å². The maximum atomic E-state index is 4.62. The van der Waals surface area contributed by atoms with Gasteiger partial charge in [-0.3, -0.25) is 0 Å². The van der Waals surface area contributed by atoms with E-state index in [1.165, 1.54) is 40.2 Å². The van der Waals surface area contributed by atoms with E-state index in [-0.39, 0.29) is 0 Å². The van der Waals surface area contributed by atoms with E-state index in [1.54, 1.807) is 0 Å². The number of benzene rings is 1. The van der Waals surface area contributed by atoms with Gasteiger partial charge in [0.25, 0.3) is 0 Å². The van der Waals surface area contributed by atoms with Gasteiger partial charge in [0.2, 0.25) is 0 Å². The van der Waals surface area contributed by atoms with Gasteiger partial charge >= 0.3 is 0 Å². The number of hydrogen-bond donors (Lipinski definition) is 1. The average molecular weight is 246 g/mol. The number of fused-ring (bicyclic) bond motifs is 1. The van der Waals surface area contributed by atoms with Gasteiger partial charge in [-0.15, -0.1) is 11.3 Å². The minimum Gasteiger partial charge on any atom is -0.316 e. The van der Waals surface area contributed by atoms with E-state index in [4.69, 9.17) is 0 Å². The van der Waals surface area contributed by atoms with Gasteiger partial charge in [-0.1, -0.05) is 13.0 Å². The zero-order chi connectivity index (χ0) is 11.7. The molecule has 1 saturated heterocycles. The van der Waals surface area contributed by atoms with Crippen LogP contribution in [0.25, 0.3) is 10.2 Å². The number of nitrogens with one attached hydrogen (secondary N) is 1. The molecule has 1 aromatic carbocycles. The minimum atomic E-state index is 0.695. The molecule has 1 aliphatic heterocycles. The molecule has 1 aliphatic rings. The Morgan fingerprint density at radius 2 is 2.41 bits per heavy atom. The molecule has 0 bridgehead atoms. The molecule has 3 heteroatoms. The van der Waals surface area contributed by atoms with Crippen LogP contribution in [0.5, 0.6) is 0 Å². The topological polar surface area (TPSA) is 24.9 Å². The molecule has 0 spiro atoms. The molecular weight excluding hydrogens is 228 g/mol. The highest BCUT2D eigenvalue weighted by Gasteiger charge is 2.15. The predicted molar refractivity (Wildman–Crippen MR) is 73.8 cm³/mol. The van der Waals surface area contributed by atoms with Crippen molar-refractivity contribution in [2.24, 2.45) is 0 Å². The third kappa shape index (κ3) is 2.22. The molecule has 1 unspecified atom stereocenters. The summed E-state index contributed by atoms with van der Waals surface area (Å²) in [5, 5.41) is 4.73. The van der Waals surface area contributed by atoms with Crippen LogP contribution in [0.1, 0.15) is 36.3 Å². The van der Waals surface area contributed by atoms with Crippen LogP contribution in [0.3, 0.4) is 0 Å². The van der Waals surface area contributed by atoms with E-state index in [9.17, 15) is 0 Å². The fourth-order valence-corrected chi connectivity index (χ4v) is 3.49. The number of aryl methyl sites for hydroxylation is 1. The standard InChI is InChI=1S/C14H18N2S/c1-2-14-16-12-6-5-10(8-13(12)17-14)11-4-3-7-15-9-11/h5-6,8,11,15H,2-4,7,9H2,1H3. The van der Waals surface area contributed by atoms with Crippen molar-refractivity contribution in [3.63, 3.8) is 0 Å². The van der Waals surface area contributed by atoms with Crippen molar-refractivity contribution in [1.82, 2.24) is 10.3 Å². The van der Waals surface area contributed by atoms with Crippen molar-refractivity contribution in [1.29, 1.82) is 0 Å². The molecular formula is C14H18N2S. The fraction of sp³-hybridized carbons (Fsp3) is 0.500. The highest BCUT2D eigenvalue weighted by atomic mass is 32.1. The van der Waals surface area contributed by atoms with E-state index in [1.807, 2.05) is 11.3 Å². The lowest BCUT2D eigenvalue weighted by molar-refractivity contribution is 0.462. The molecule has 0 saturated carbocycles. The van der Waals surface area contributed by atoms with Crippen molar-refractivity contribution >= 4 is 21.6 Å². The van der Waals surface area contributed by atoms with Crippen LogP contribution in [0.4, 0.5) is 0 Å². The number of thiazole rings is 1. The summed E-state index contributed by atoms with van der Waals surface area (Å²) in [7, 11) is 0. The quantitative estimate of drug-likeness (QED) is 0.879. The summed E-state index contributed by atoms with van der Waals surface area (Å²) < 4.78 is 1.35. The van der Waals surface area contributed by atoms with E-state index in [0.717, 1.165) is 13.0 Å². The number of nitrogens with zero attached hydrogens (tertiary/aromatic N) is 1. The lowest BCUT2D eigenvalue weighted by Gasteiger charge is -2.22. The second-order valence-electron chi connectivity index (χ2n) is 4.73. The van der Waals surface area contributed by atoms with Gasteiger partial charge in [0.1, 0.15) is 0 Å². The number of aromatic nitrogens is 1. The average Bonchev–Trinajstić information content (AvgIpc) is 2.81. The molecule has 0 amide bonds. The second-order valence-corrected chi connectivity index (χ2v) is 5.85. The summed E-state index contributed by atoms with van der Waals surface area (Å²) in [6.07, 6.45) is 3.66. The zero-order valence-corrected chi connectivity index (χ0v) is 11.0. The molecule has 1 fully saturated rings. The predicted octanol–water partition coefficient (Wildman–Crippen LogP) is 3.33. The second kappa shape index (κ2) is 4.75. The largest absolute Gasteiger partial charge is 0.316 e. The Hall–Kier alpha value is -0.930. The van der Waals surface area contributed by atoms with E-state index in [0.29, 0.717) is 5.92 Å². The first-order chi connectivity index (χ1) is 8.36. The van der Waals surface area contributed by atoms with Gasteiger partial charge in [0.15, 0.2) is 0 Å². The minimum absolute atomic E-state index is 0.695. The third-order valence-corrected chi connectivity index (χ3v) is 4.69. The van der Waals surface area contributed by atoms with E-state index in [2.05, 4.69) is 35.4 Å². The van der Waals surface area contributed by atoms with Crippen molar-refractivity contribution in [3.05, 3.63) is 28.8 Å². The van der Waals surface area contributed by atoms with E-state index >= 15 is 0 Å². The number of piperidine rings is 1. The molecule has 0 radical (unpaired) electrons. The maximum Gasteiger partial charge on any atom is 0.0935 e. The van der Waals surface area contributed by atoms with Gasteiger partial charge in [-0.25, -0.2) is 4.98 Å². The lowest BCUT2D eigenvalue weighted by atomic mass is 9.92.